The molecule has 0 aliphatic rings. The number of hydrogen-bond acceptors (Lipinski definition) is 6. The summed E-state index contributed by atoms with van der Waals surface area (Å²) in [5, 5.41) is 9.24. The average molecular weight is 279 g/mol. The van der Waals surface area contributed by atoms with Crippen LogP contribution in [-0.2, 0) is 4.74 Å². The van der Waals surface area contributed by atoms with Crippen LogP contribution in [0.4, 0.5) is 10.2 Å². The van der Waals surface area contributed by atoms with Gasteiger partial charge in [-0.3, -0.25) is 4.57 Å². The lowest BCUT2D eigenvalue weighted by Crippen LogP contribution is -2.33. The summed E-state index contributed by atoms with van der Waals surface area (Å²) in [6, 6.07) is 0. The normalized spacial score (nSPS) is 15.8. The summed E-state index contributed by atoms with van der Waals surface area (Å²) in [5.41, 5.74) is 4.88. The summed E-state index contributed by atoms with van der Waals surface area (Å²) in [6.07, 6.45) is 5.14. The highest BCUT2D eigenvalue weighted by atomic mass is 19.1. The number of ether oxygens (including phenoxy) is 1. The zero-order valence-electron chi connectivity index (χ0n) is 11.0. The lowest BCUT2D eigenvalue weighted by molar-refractivity contribution is -0.0954. The molecule has 0 radical (unpaired) electrons. The fourth-order valence-electron chi connectivity index (χ4n) is 1.73. The summed E-state index contributed by atoms with van der Waals surface area (Å²) >= 11 is 0. The van der Waals surface area contributed by atoms with E-state index in [1.165, 1.54) is 10.9 Å². The molecule has 2 aromatic heterocycles. The molecule has 20 heavy (non-hydrogen) atoms. The lowest BCUT2D eigenvalue weighted by atomic mass is 10.1. The molecule has 8 heteroatoms. The number of nitrogens with two attached hydrogens (primary N) is 1. The van der Waals surface area contributed by atoms with E-state index in [4.69, 9.17) is 16.9 Å². The van der Waals surface area contributed by atoms with Gasteiger partial charge in [0.05, 0.1) is 12.9 Å². The molecule has 7 nitrogen and oxygen atoms in total. The van der Waals surface area contributed by atoms with Gasteiger partial charge < -0.3 is 15.6 Å². The van der Waals surface area contributed by atoms with Gasteiger partial charge in [-0.2, -0.15) is 14.4 Å². The largest absolute Gasteiger partial charge is 0.392 e. The van der Waals surface area contributed by atoms with Gasteiger partial charge in [-0.05, 0) is 13.8 Å². The Balaban J connectivity index is 2.41. The second-order valence-electron chi connectivity index (χ2n) is 4.45. The quantitative estimate of drug-likeness (QED) is 0.623. The molecule has 0 amide bonds. The third-order valence-electron chi connectivity index (χ3n) is 2.85. The number of aliphatic hydroxyl groups excluding tert-OH is 1. The van der Waals surface area contributed by atoms with Crippen molar-refractivity contribution in [3.8, 4) is 12.3 Å². The van der Waals surface area contributed by atoms with Gasteiger partial charge in [0.15, 0.2) is 22.6 Å². The summed E-state index contributed by atoms with van der Waals surface area (Å²) < 4.78 is 20.3. The van der Waals surface area contributed by atoms with Gasteiger partial charge in [0.25, 0.3) is 0 Å². The van der Waals surface area contributed by atoms with Crippen molar-refractivity contribution in [3.05, 3.63) is 12.4 Å². The first kappa shape index (κ1) is 14.2. The van der Waals surface area contributed by atoms with Crippen molar-refractivity contribution in [2.24, 2.45) is 0 Å². The topological polar surface area (TPSA) is 99.1 Å². The third kappa shape index (κ3) is 2.41. The van der Waals surface area contributed by atoms with E-state index < -0.39 is 17.9 Å². The van der Waals surface area contributed by atoms with Crippen LogP contribution in [0.15, 0.2) is 6.33 Å². The highest BCUT2D eigenvalue weighted by Crippen LogP contribution is 2.23. The Bertz CT molecular complexity index is 680. The van der Waals surface area contributed by atoms with Crippen molar-refractivity contribution >= 4 is 17.0 Å². The van der Waals surface area contributed by atoms with E-state index in [1.54, 1.807) is 13.8 Å². The monoisotopic (exact) mass is 279 g/mol. The van der Waals surface area contributed by atoms with Crippen molar-refractivity contribution in [1.82, 2.24) is 19.5 Å². The van der Waals surface area contributed by atoms with Crippen molar-refractivity contribution in [2.45, 2.75) is 25.7 Å². The standard InChI is InChI=1S/C12H14FN5O2/c1-4-12(3,5-19)20-7(2)18-6-15-8-9(14)16-11(13)17-10(8)18/h1,6-7,19H,5H2,2-3H3,(H2,14,16,17). The third-order valence-corrected chi connectivity index (χ3v) is 2.85. The molecule has 0 spiro atoms. The van der Waals surface area contributed by atoms with Crippen LogP contribution in [0.2, 0.25) is 0 Å². The molecule has 2 atom stereocenters. The van der Waals surface area contributed by atoms with Crippen LogP contribution >= 0.6 is 0 Å². The zero-order chi connectivity index (χ0) is 14.9. The molecule has 2 unspecified atom stereocenters. The maximum atomic E-state index is 13.2. The molecule has 106 valence electrons. The Kier molecular flexibility index (Phi) is 3.57. The Morgan fingerprint density at radius 3 is 2.95 bits per heavy atom. The van der Waals surface area contributed by atoms with E-state index in [2.05, 4.69) is 20.9 Å². The van der Waals surface area contributed by atoms with Crippen LogP contribution in [0.5, 0.6) is 0 Å². The van der Waals surface area contributed by atoms with Crippen LogP contribution in [-0.4, -0.2) is 36.8 Å². The first-order valence-corrected chi connectivity index (χ1v) is 5.82. The van der Waals surface area contributed by atoms with Crippen LogP contribution in [0.1, 0.15) is 20.1 Å². The molecular weight excluding hydrogens is 265 g/mol. The van der Waals surface area contributed by atoms with E-state index in [0.717, 1.165) is 0 Å². The number of rotatable bonds is 4. The number of nitrogens with zero attached hydrogens (tertiary/aromatic N) is 4. The van der Waals surface area contributed by atoms with Gasteiger partial charge in [-0.1, -0.05) is 5.92 Å². The van der Waals surface area contributed by atoms with E-state index in [1.807, 2.05) is 0 Å². The van der Waals surface area contributed by atoms with Gasteiger partial charge in [-0.25, -0.2) is 4.98 Å². The predicted molar refractivity (Wildman–Crippen MR) is 69.8 cm³/mol. The zero-order valence-corrected chi connectivity index (χ0v) is 11.0. The molecule has 0 aliphatic heterocycles. The lowest BCUT2D eigenvalue weighted by Gasteiger charge is -2.26. The molecule has 3 N–H and O–H groups in total. The number of terminal acetylenes is 1. The van der Waals surface area contributed by atoms with Crippen LogP contribution in [0.3, 0.4) is 0 Å². The molecule has 0 aliphatic carbocycles. The second-order valence-corrected chi connectivity index (χ2v) is 4.45. The second kappa shape index (κ2) is 5.03. The summed E-state index contributed by atoms with van der Waals surface area (Å²) in [4.78, 5) is 11.1. The van der Waals surface area contributed by atoms with Crippen molar-refractivity contribution in [1.29, 1.82) is 0 Å². The molecule has 0 bridgehead atoms. The maximum absolute atomic E-state index is 13.2. The molecule has 0 aromatic carbocycles. The van der Waals surface area contributed by atoms with E-state index >= 15 is 0 Å². The number of imidazole rings is 1. The van der Waals surface area contributed by atoms with Crippen molar-refractivity contribution in [3.63, 3.8) is 0 Å². The van der Waals surface area contributed by atoms with E-state index in [9.17, 15) is 9.50 Å². The van der Waals surface area contributed by atoms with Crippen LogP contribution < -0.4 is 5.73 Å². The highest BCUT2D eigenvalue weighted by molar-refractivity contribution is 5.81. The number of anilines is 1. The minimum absolute atomic E-state index is 0.0553. The first-order chi connectivity index (χ1) is 9.40. The van der Waals surface area contributed by atoms with E-state index in [0.29, 0.717) is 0 Å². The fraction of sp³-hybridized carbons (Fsp3) is 0.417. The van der Waals surface area contributed by atoms with Crippen molar-refractivity contribution < 1.29 is 14.2 Å². The number of aliphatic hydroxyl groups is 1. The Morgan fingerprint density at radius 2 is 2.35 bits per heavy atom. The highest BCUT2D eigenvalue weighted by Gasteiger charge is 2.26. The minimum Gasteiger partial charge on any atom is -0.392 e. The molecule has 2 rings (SSSR count). The molecular formula is C12H14FN5O2. The first-order valence-electron chi connectivity index (χ1n) is 5.82. The number of halogens is 1. The average Bonchev–Trinajstić information content (AvgIpc) is 2.82. The summed E-state index contributed by atoms with van der Waals surface area (Å²) in [5.74, 6) is 2.30. The van der Waals surface area contributed by atoms with Crippen LogP contribution in [0.25, 0.3) is 11.2 Å². The predicted octanol–water partition coefficient (Wildman–Crippen LogP) is 0.467. The molecule has 2 heterocycles. The number of hydrogen-bond donors (Lipinski definition) is 2. The summed E-state index contributed by atoms with van der Waals surface area (Å²) in [7, 11) is 0. The number of aromatic nitrogens is 4. The Hall–Kier alpha value is -2.24. The number of nitrogen functional groups attached to an aromatic ring is 1. The Labute approximate surface area is 114 Å². The smallest absolute Gasteiger partial charge is 0.312 e. The Morgan fingerprint density at radius 1 is 1.65 bits per heavy atom. The molecule has 0 fully saturated rings. The van der Waals surface area contributed by atoms with Gasteiger partial charge in [0.2, 0.25) is 0 Å². The molecule has 0 saturated carbocycles. The number of fused-ring (bicyclic) bond motifs is 1. The van der Waals surface area contributed by atoms with Gasteiger partial charge in [0.1, 0.15) is 6.23 Å². The summed E-state index contributed by atoms with van der Waals surface area (Å²) in [6.45, 7) is 2.88. The minimum atomic E-state index is -1.16. The SMILES string of the molecule is C#CC(C)(CO)OC(C)n1cnc2c(N)nc(F)nc21. The van der Waals surface area contributed by atoms with Gasteiger partial charge in [0, 0.05) is 0 Å². The van der Waals surface area contributed by atoms with Crippen molar-refractivity contribution in [2.75, 3.05) is 12.3 Å². The van der Waals surface area contributed by atoms with E-state index in [-0.39, 0.29) is 23.6 Å². The molecule has 0 saturated heterocycles. The van der Waals surface area contributed by atoms with Gasteiger partial charge in [-0.15, -0.1) is 6.42 Å². The fourth-order valence-corrected chi connectivity index (χ4v) is 1.73. The molecule has 2 aromatic rings. The van der Waals surface area contributed by atoms with Gasteiger partial charge >= 0.3 is 6.08 Å². The maximum Gasteiger partial charge on any atom is 0.312 e. The van der Waals surface area contributed by atoms with Crippen LogP contribution in [0, 0.1) is 18.4 Å².